The van der Waals surface area contributed by atoms with Gasteiger partial charge in [-0.25, -0.2) is 13.1 Å². The smallest absolute Gasteiger partial charge is 0.258 e. The number of rotatable bonds is 6. The first-order valence-corrected chi connectivity index (χ1v) is 8.08. The van der Waals surface area contributed by atoms with Crippen LogP contribution in [-0.4, -0.2) is 42.5 Å². The van der Waals surface area contributed by atoms with Crippen LogP contribution in [0.5, 0.6) is 0 Å². The predicted molar refractivity (Wildman–Crippen MR) is 72.4 cm³/mol. The first kappa shape index (κ1) is 15.4. The van der Waals surface area contributed by atoms with Crippen molar-refractivity contribution in [3.8, 4) is 0 Å². The molecule has 0 amide bonds. The van der Waals surface area contributed by atoms with E-state index in [1.54, 1.807) is 0 Å². The molecule has 0 bridgehead atoms. The SMILES string of the molecule is CCOC1CC(NS(=O)(=O)c2[nH]ncc2CO)C1(C)C. The molecule has 1 aliphatic rings. The predicted octanol–water partition coefficient (Wildman–Crippen LogP) is 0.384. The van der Waals surface area contributed by atoms with Crippen LogP contribution < -0.4 is 4.72 Å². The van der Waals surface area contributed by atoms with E-state index in [1.165, 1.54) is 6.20 Å². The van der Waals surface area contributed by atoms with Crippen LogP contribution in [-0.2, 0) is 21.4 Å². The van der Waals surface area contributed by atoms with E-state index in [9.17, 15) is 8.42 Å². The number of hydrogen-bond acceptors (Lipinski definition) is 5. The zero-order valence-corrected chi connectivity index (χ0v) is 12.7. The van der Waals surface area contributed by atoms with Gasteiger partial charge < -0.3 is 9.84 Å². The normalized spacial score (nSPS) is 25.4. The topological polar surface area (TPSA) is 104 Å². The Morgan fingerprint density at radius 3 is 2.85 bits per heavy atom. The zero-order chi connectivity index (χ0) is 15.0. The molecule has 1 aromatic heterocycles. The molecule has 0 saturated heterocycles. The molecule has 1 aliphatic carbocycles. The molecule has 114 valence electrons. The van der Waals surface area contributed by atoms with Gasteiger partial charge in [0.25, 0.3) is 10.0 Å². The largest absolute Gasteiger partial charge is 0.392 e. The van der Waals surface area contributed by atoms with Gasteiger partial charge in [-0.1, -0.05) is 13.8 Å². The van der Waals surface area contributed by atoms with E-state index < -0.39 is 10.0 Å². The quantitative estimate of drug-likeness (QED) is 0.705. The molecule has 1 aromatic rings. The summed E-state index contributed by atoms with van der Waals surface area (Å²) in [5.74, 6) is 0. The Bertz CT molecular complexity index is 567. The Morgan fingerprint density at radius 1 is 1.60 bits per heavy atom. The van der Waals surface area contributed by atoms with E-state index in [-0.39, 0.29) is 34.8 Å². The number of nitrogens with one attached hydrogen (secondary N) is 2. The number of aromatic nitrogens is 2. The lowest BCUT2D eigenvalue weighted by molar-refractivity contribution is -0.108. The molecule has 0 spiro atoms. The van der Waals surface area contributed by atoms with Crippen LogP contribution in [0.1, 0.15) is 32.8 Å². The zero-order valence-electron chi connectivity index (χ0n) is 11.9. The van der Waals surface area contributed by atoms with E-state index in [2.05, 4.69) is 14.9 Å². The fourth-order valence-corrected chi connectivity index (χ4v) is 3.99. The van der Waals surface area contributed by atoms with E-state index >= 15 is 0 Å². The average molecular weight is 303 g/mol. The van der Waals surface area contributed by atoms with Gasteiger partial charge in [0.2, 0.25) is 0 Å². The Kier molecular flexibility index (Phi) is 4.19. The van der Waals surface area contributed by atoms with Gasteiger partial charge in [-0.15, -0.1) is 0 Å². The molecule has 0 radical (unpaired) electrons. The molecular weight excluding hydrogens is 282 g/mol. The van der Waals surface area contributed by atoms with Crippen molar-refractivity contribution in [3.63, 3.8) is 0 Å². The number of nitrogens with zero attached hydrogens (tertiary/aromatic N) is 1. The van der Waals surface area contributed by atoms with Crippen molar-refractivity contribution < 1.29 is 18.3 Å². The third-order valence-corrected chi connectivity index (χ3v) is 5.45. The molecule has 2 unspecified atom stereocenters. The van der Waals surface area contributed by atoms with Crippen LogP contribution in [0.4, 0.5) is 0 Å². The summed E-state index contributed by atoms with van der Waals surface area (Å²) >= 11 is 0. The molecule has 3 N–H and O–H groups in total. The van der Waals surface area contributed by atoms with E-state index in [4.69, 9.17) is 9.84 Å². The summed E-state index contributed by atoms with van der Waals surface area (Å²) in [4.78, 5) is 0. The van der Waals surface area contributed by atoms with Crippen molar-refractivity contribution in [2.45, 2.75) is 51.0 Å². The van der Waals surface area contributed by atoms with E-state index in [0.717, 1.165) is 0 Å². The van der Waals surface area contributed by atoms with Crippen LogP contribution in [0.15, 0.2) is 11.2 Å². The summed E-state index contributed by atoms with van der Waals surface area (Å²) in [5, 5.41) is 15.1. The van der Waals surface area contributed by atoms with Crippen molar-refractivity contribution in [2.75, 3.05) is 6.61 Å². The molecule has 0 aliphatic heterocycles. The second-order valence-corrected chi connectivity index (χ2v) is 7.21. The van der Waals surface area contributed by atoms with Crippen molar-refractivity contribution in [2.24, 2.45) is 5.41 Å². The summed E-state index contributed by atoms with van der Waals surface area (Å²) in [7, 11) is -3.71. The lowest BCUT2D eigenvalue weighted by Crippen LogP contribution is -2.62. The van der Waals surface area contributed by atoms with Gasteiger partial charge in [0.05, 0.1) is 18.9 Å². The molecule has 1 heterocycles. The molecule has 8 heteroatoms. The average Bonchev–Trinajstić information content (AvgIpc) is 2.86. The van der Waals surface area contributed by atoms with E-state index in [1.807, 2.05) is 20.8 Å². The number of ether oxygens (including phenoxy) is 1. The van der Waals surface area contributed by atoms with Crippen molar-refractivity contribution >= 4 is 10.0 Å². The number of sulfonamides is 1. The fraction of sp³-hybridized carbons (Fsp3) is 0.750. The van der Waals surface area contributed by atoms with E-state index in [0.29, 0.717) is 13.0 Å². The third kappa shape index (κ3) is 2.60. The molecule has 1 fully saturated rings. The van der Waals surface area contributed by atoms with Crippen molar-refractivity contribution in [1.29, 1.82) is 0 Å². The van der Waals surface area contributed by atoms with Gasteiger partial charge in [-0.3, -0.25) is 5.10 Å². The Balaban J connectivity index is 2.11. The summed E-state index contributed by atoms with van der Waals surface area (Å²) in [5.41, 5.74) is -0.00126. The minimum absolute atomic E-state index is 0.0549. The highest BCUT2D eigenvalue weighted by molar-refractivity contribution is 7.89. The molecule has 7 nitrogen and oxygen atoms in total. The number of hydrogen-bond donors (Lipinski definition) is 3. The van der Waals surface area contributed by atoms with Crippen molar-refractivity contribution in [1.82, 2.24) is 14.9 Å². The lowest BCUT2D eigenvalue weighted by Gasteiger charge is -2.51. The summed E-state index contributed by atoms with van der Waals surface area (Å²) in [6.45, 7) is 6.12. The monoisotopic (exact) mass is 303 g/mol. The summed E-state index contributed by atoms with van der Waals surface area (Å²) in [6.07, 6.45) is 2.01. The Labute approximate surface area is 118 Å². The number of H-pyrrole nitrogens is 1. The highest BCUT2D eigenvalue weighted by Gasteiger charge is 2.50. The number of aromatic amines is 1. The third-order valence-electron chi connectivity index (χ3n) is 3.96. The number of aliphatic hydroxyl groups excluding tert-OH is 1. The maximum Gasteiger partial charge on any atom is 0.258 e. The van der Waals surface area contributed by atoms with Gasteiger partial charge >= 0.3 is 0 Å². The lowest BCUT2D eigenvalue weighted by atomic mass is 9.65. The Morgan fingerprint density at radius 2 is 2.30 bits per heavy atom. The molecular formula is C12H21N3O4S. The maximum absolute atomic E-state index is 12.3. The summed E-state index contributed by atoms with van der Waals surface area (Å²) < 4.78 is 32.8. The van der Waals surface area contributed by atoms with Gasteiger partial charge in [0.1, 0.15) is 0 Å². The van der Waals surface area contributed by atoms with Gasteiger partial charge in [-0.05, 0) is 13.3 Å². The highest BCUT2D eigenvalue weighted by Crippen LogP contribution is 2.43. The Hall–Kier alpha value is -0.960. The fourth-order valence-electron chi connectivity index (χ4n) is 2.46. The first-order chi connectivity index (χ1) is 9.32. The molecule has 1 saturated carbocycles. The highest BCUT2D eigenvalue weighted by atomic mass is 32.2. The van der Waals surface area contributed by atoms with Crippen LogP contribution in [0.2, 0.25) is 0 Å². The van der Waals surface area contributed by atoms with Crippen LogP contribution >= 0.6 is 0 Å². The minimum Gasteiger partial charge on any atom is -0.392 e. The van der Waals surface area contributed by atoms with Crippen LogP contribution in [0, 0.1) is 5.41 Å². The first-order valence-electron chi connectivity index (χ1n) is 6.60. The number of aliphatic hydroxyl groups is 1. The van der Waals surface area contributed by atoms with Gasteiger partial charge in [0.15, 0.2) is 5.03 Å². The second-order valence-electron chi connectivity index (χ2n) is 5.56. The standard InChI is InChI=1S/C12H21N3O4S/c1-4-19-10-5-9(12(10,2)3)15-20(17,18)11-8(7-16)6-13-14-11/h6,9-10,15-16H,4-5,7H2,1-3H3,(H,13,14). The molecule has 20 heavy (non-hydrogen) atoms. The summed E-state index contributed by atoms with van der Waals surface area (Å²) in [6, 6.07) is -0.195. The molecule has 2 rings (SSSR count). The van der Waals surface area contributed by atoms with Crippen molar-refractivity contribution in [3.05, 3.63) is 11.8 Å². The second kappa shape index (κ2) is 5.44. The maximum atomic E-state index is 12.3. The minimum atomic E-state index is -3.71. The molecule has 2 atom stereocenters. The van der Waals surface area contributed by atoms with Gasteiger partial charge in [0, 0.05) is 23.6 Å². The van der Waals surface area contributed by atoms with Crippen LogP contribution in [0.25, 0.3) is 0 Å². The van der Waals surface area contributed by atoms with Crippen LogP contribution in [0.3, 0.4) is 0 Å². The van der Waals surface area contributed by atoms with Gasteiger partial charge in [-0.2, -0.15) is 5.10 Å². The molecule has 0 aromatic carbocycles.